The molecule has 0 aliphatic rings. The molecule has 0 fully saturated rings. The van der Waals surface area contributed by atoms with Gasteiger partial charge in [0.05, 0.1) is 30.7 Å². The largest absolute Gasteiger partial charge is 0.383 e. The van der Waals surface area contributed by atoms with Crippen LogP contribution in [-0.2, 0) is 11.2 Å². The average Bonchev–Trinajstić information content (AvgIpc) is 2.81. The number of aromatic nitrogens is 1. The van der Waals surface area contributed by atoms with Crippen LogP contribution in [0, 0.1) is 19.3 Å². The van der Waals surface area contributed by atoms with Gasteiger partial charge < -0.3 is 14.5 Å². The zero-order valence-corrected chi connectivity index (χ0v) is 19.7. The van der Waals surface area contributed by atoms with Crippen LogP contribution in [0.25, 0.3) is 0 Å². The molecule has 1 heterocycles. The van der Waals surface area contributed by atoms with Crippen molar-refractivity contribution in [1.82, 2.24) is 4.98 Å². The van der Waals surface area contributed by atoms with Crippen LogP contribution < -0.4 is 9.80 Å². The SMILES string of the molecule is COCC(Cc1ccc(C)cc1)N(C)c1cccnc1N(C=N)C(C)c1ccc(C)cc1. The van der Waals surface area contributed by atoms with Gasteiger partial charge in [0.25, 0.3) is 0 Å². The molecule has 0 aliphatic heterocycles. The number of benzene rings is 2. The van der Waals surface area contributed by atoms with Crippen LogP contribution in [0.5, 0.6) is 0 Å². The number of likely N-dealkylation sites (N-methyl/N-ethyl adjacent to an activating group) is 1. The Hall–Kier alpha value is -3.18. The lowest BCUT2D eigenvalue weighted by Gasteiger charge is -2.34. The molecule has 0 saturated heterocycles. The number of methoxy groups -OCH3 is 1. The molecule has 32 heavy (non-hydrogen) atoms. The smallest absolute Gasteiger partial charge is 0.157 e. The normalized spacial score (nSPS) is 12.8. The molecule has 2 atom stereocenters. The van der Waals surface area contributed by atoms with E-state index >= 15 is 0 Å². The van der Waals surface area contributed by atoms with Crippen molar-refractivity contribution in [1.29, 1.82) is 5.41 Å². The number of nitrogens with one attached hydrogen (secondary N) is 1. The van der Waals surface area contributed by atoms with E-state index in [1.165, 1.54) is 23.0 Å². The summed E-state index contributed by atoms with van der Waals surface area (Å²) in [6.07, 6.45) is 4.02. The van der Waals surface area contributed by atoms with Crippen molar-refractivity contribution in [2.75, 3.05) is 30.6 Å². The first-order valence-corrected chi connectivity index (χ1v) is 11.0. The van der Waals surface area contributed by atoms with Crippen LogP contribution in [0.1, 0.15) is 35.2 Å². The third-order valence-electron chi connectivity index (χ3n) is 6.01. The van der Waals surface area contributed by atoms with Crippen LogP contribution in [0.15, 0.2) is 66.9 Å². The van der Waals surface area contributed by atoms with Crippen molar-refractivity contribution in [2.45, 2.75) is 39.3 Å². The first-order chi connectivity index (χ1) is 15.4. The summed E-state index contributed by atoms with van der Waals surface area (Å²) in [5.74, 6) is 0.767. The molecule has 3 rings (SSSR count). The van der Waals surface area contributed by atoms with Crippen LogP contribution in [-0.4, -0.2) is 38.1 Å². The van der Waals surface area contributed by atoms with E-state index in [9.17, 15) is 0 Å². The van der Waals surface area contributed by atoms with Gasteiger partial charge in [-0.05, 0) is 50.5 Å². The van der Waals surface area contributed by atoms with Crippen molar-refractivity contribution in [2.24, 2.45) is 0 Å². The minimum absolute atomic E-state index is 0.0203. The number of anilines is 2. The van der Waals surface area contributed by atoms with Crippen molar-refractivity contribution < 1.29 is 4.74 Å². The van der Waals surface area contributed by atoms with E-state index in [1.807, 2.05) is 11.0 Å². The van der Waals surface area contributed by atoms with Crippen LogP contribution >= 0.6 is 0 Å². The molecule has 1 aromatic heterocycles. The number of ether oxygens (including phenoxy) is 1. The van der Waals surface area contributed by atoms with Crippen molar-refractivity contribution >= 4 is 17.8 Å². The van der Waals surface area contributed by atoms with Gasteiger partial charge in [0.2, 0.25) is 0 Å². The second-order valence-corrected chi connectivity index (χ2v) is 8.38. The maximum Gasteiger partial charge on any atom is 0.157 e. The molecule has 3 aromatic rings. The van der Waals surface area contributed by atoms with Gasteiger partial charge in [-0.2, -0.15) is 0 Å². The summed E-state index contributed by atoms with van der Waals surface area (Å²) < 4.78 is 5.58. The fourth-order valence-electron chi connectivity index (χ4n) is 3.92. The lowest BCUT2D eigenvalue weighted by Crippen LogP contribution is -2.39. The summed E-state index contributed by atoms with van der Waals surface area (Å²) in [7, 11) is 3.82. The highest BCUT2D eigenvalue weighted by molar-refractivity contribution is 5.83. The Morgan fingerprint density at radius 1 is 1.00 bits per heavy atom. The van der Waals surface area contributed by atoms with Crippen LogP contribution in [0.2, 0.25) is 0 Å². The Kier molecular flexibility index (Phi) is 8.01. The van der Waals surface area contributed by atoms with E-state index in [4.69, 9.17) is 10.1 Å². The van der Waals surface area contributed by atoms with Gasteiger partial charge in [-0.3, -0.25) is 5.41 Å². The highest BCUT2D eigenvalue weighted by Crippen LogP contribution is 2.33. The van der Waals surface area contributed by atoms with Crippen LogP contribution in [0.3, 0.4) is 0 Å². The van der Waals surface area contributed by atoms with Crippen molar-refractivity contribution in [3.8, 4) is 0 Å². The maximum absolute atomic E-state index is 8.16. The molecule has 2 aromatic carbocycles. The minimum atomic E-state index is -0.0203. The molecule has 1 N–H and O–H groups in total. The van der Waals surface area contributed by atoms with Crippen molar-refractivity contribution in [3.05, 3.63) is 89.1 Å². The number of hydrogen-bond acceptors (Lipinski definition) is 4. The topological polar surface area (TPSA) is 52.5 Å². The van der Waals surface area contributed by atoms with E-state index in [0.29, 0.717) is 6.61 Å². The van der Waals surface area contributed by atoms with Gasteiger partial charge in [0, 0.05) is 20.4 Å². The third kappa shape index (κ3) is 5.54. The second-order valence-electron chi connectivity index (χ2n) is 8.38. The summed E-state index contributed by atoms with van der Waals surface area (Å²) in [6, 6.07) is 21.2. The molecule has 2 unspecified atom stereocenters. The van der Waals surface area contributed by atoms with Gasteiger partial charge in [-0.25, -0.2) is 4.98 Å². The Morgan fingerprint density at radius 3 is 2.22 bits per heavy atom. The van der Waals surface area contributed by atoms with Gasteiger partial charge in [-0.15, -0.1) is 0 Å². The summed E-state index contributed by atoms with van der Waals surface area (Å²) in [5.41, 5.74) is 5.87. The summed E-state index contributed by atoms with van der Waals surface area (Å²) >= 11 is 0. The molecule has 0 amide bonds. The van der Waals surface area contributed by atoms with Gasteiger partial charge in [0.15, 0.2) is 5.82 Å². The monoisotopic (exact) mass is 430 g/mol. The second kappa shape index (κ2) is 10.9. The number of hydrogen-bond donors (Lipinski definition) is 1. The van der Waals surface area contributed by atoms with E-state index in [2.05, 4.69) is 92.3 Å². The molecule has 0 spiro atoms. The summed E-state index contributed by atoms with van der Waals surface area (Å²) in [5, 5.41) is 8.16. The lowest BCUT2D eigenvalue weighted by atomic mass is 10.0. The lowest BCUT2D eigenvalue weighted by molar-refractivity contribution is 0.178. The minimum Gasteiger partial charge on any atom is -0.383 e. The molecular weight excluding hydrogens is 396 g/mol. The molecule has 0 aliphatic carbocycles. The Labute approximate surface area is 192 Å². The van der Waals surface area contributed by atoms with Crippen molar-refractivity contribution in [3.63, 3.8) is 0 Å². The summed E-state index contributed by atoms with van der Waals surface area (Å²) in [4.78, 5) is 8.84. The van der Waals surface area contributed by atoms with Gasteiger partial charge in [-0.1, -0.05) is 59.7 Å². The van der Waals surface area contributed by atoms with E-state index in [0.717, 1.165) is 23.5 Å². The van der Waals surface area contributed by atoms with E-state index in [1.54, 1.807) is 13.3 Å². The Balaban J connectivity index is 1.92. The molecular formula is C27H34N4O. The predicted octanol–water partition coefficient (Wildman–Crippen LogP) is 5.57. The van der Waals surface area contributed by atoms with Gasteiger partial charge in [0.1, 0.15) is 0 Å². The summed E-state index contributed by atoms with van der Waals surface area (Å²) in [6.45, 7) is 6.88. The maximum atomic E-state index is 8.16. The number of pyridine rings is 1. The highest BCUT2D eigenvalue weighted by Gasteiger charge is 2.24. The van der Waals surface area contributed by atoms with Crippen LogP contribution in [0.4, 0.5) is 11.5 Å². The molecule has 5 nitrogen and oxygen atoms in total. The Morgan fingerprint density at radius 2 is 1.62 bits per heavy atom. The number of nitrogens with zero attached hydrogens (tertiary/aromatic N) is 3. The molecule has 5 heteroatoms. The molecule has 0 bridgehead atoms. The number of aryl methyl sites for hydroxylation is 2. The number of rotatable bonds is 10. The van der Waals surface area contributed by atoms with Gasteiger partial charge >= 0.3 is 0 Å². The average molecular weight is 431 g/mol. The first kappa shape index (κ1) is 23.5. The fourth-order valence-corrected chi connectivity index (χ4v) is 3.92. The standard InChI is InChI=1S/C27H34N4O/c1-20-8-12-23(13-9-20)17-25(18-32-5)30(4)26-7-6-16-29-27(26)31(19-28)22(3)24-14-10-21(2)11-15-24/h6-16,19,22,25,28H,17-18H2,1-5H3. The van der Waals surface area contributed by atoms with E-state index in [-0.39, 0.29) is 12.1 Å². The zero-order valence-electron chi connectivity index (χ0n) is 19.7. The predicted molar refractivity (Wildman–Crippen MR) is 134 cm³/mol. The van der Waals surface area contributed by atoms with E-state index < -0.39 is 0 Å². The molecule has 0 saturated carbocycles. The Bertz CT molecular complexity index is 1000. The fraction of sp³-hybridized carbons (Fsp3) is 0.333. The highest BCUT2D eigenvalue weighted by atomic mass is 16.5. The zero-order chi connectivity index (χ0) is 23.1. The molecule has 0 radical (unpaired) electrons. The first-order valence-electron chi connectivity index (χ1n) is 11.0. The quantitative estimate of drug-likeness (QED) is 0.338. The third-order valence-corrected chi connectivity index (χ3v) is 6.01. The molecule has 168 valence electrons.